The van der Waals surface area contributed by atoms with E-state index < -0.39 is 385 Å². The zero-order valence-corrected chi connectivity index (χ0v) is 61.9. The molecule has 50 atom stereocenters. The summed E-state index contributed by atoms with van der Waals surface area (Å²) in [4.78, 5) is 25.1. The molecule has 117 heavy (non-hydrogen) atoms. The summed E-state index contributed by atoms with van der Waals surface area (Å²) >= 11 is 0. The normalized spacial score (nSPS) is 51.5. The summed E-state index contributed by atoms with van der Waals surface area (Å²) in [5.74, 6) is -1.74. The van der Waals surface area contributed by atoms with Crippen LogP contribution in [0.5, 0.6) is 0 Å². The Morgan fingerprint density at radius 1 is 0.222 bits per heavy atom. The fourth-order valence-electron chi connectivity index (χ4n) is 15.1. The SMILES string of the molecule is CC(=O)N[C@H]1[C@H](O[C@H]2[C@H](O)[C@@H](NC(C)=O)C(O)O[C@@H]2CO)O[C@H](CO)[C@@H](O[C@@H]2O[C@H](CO[C@H]3O[C@H](CO[C@H]4O[C@H](CO)[C@@H](O[C@H]5O[C@H](CO)[C@@H](O)[C@H](O)[C@@H]5O)[C@H](O)[C@@H]4O)[C@@H](O)[C@H](O[C@H]4O[C@H](CO)[C@@H](O)[C@H](O)[C@@H]4O)[C@@H]3O)[C@@H](O)[C@H](O[C@H]3O[C@H](CO)[C@@H](O[C@H]4O[C@H](CO)[C@@H](O[C@H]5O[C@H](CO)[C@@H](O)[C@H](O)[C@@H]5O)[C@H](O)[C@@H]4O)[C@H](O)[C@@H]3O)[C@@H]2O)[C@@H]1O. The van der Waals surface area contributed by atoms with Gasteiger partial charge in [0, 0.05) is 13.8 Å². The number of aliphatic hydroxyl groups is 30. The van der Waals surface area contributed by atoms with Crippen molar-refractivity contribution in [3.05, 3.63) is 0 Å². The van der Waals surface area contributed by atoms with Crippen molar-refractivity contribution < 1.29 is 253 Å². The van der Waals surface area contributed by atoms with Crippen molar-refractivity contribution in [2.75, 3.05) is 66.1 Å². The molecule has 10 heterocycles. The fraction of sp³-hybridized carbons (Fsp3) is 0.969. The molecule has 0 bridgehead atoms. The quantitative estimate of drug-likeness (QED) is 0.0318. The van der Waals surface area contributed by atoms with Gasteiger partial charge in [-0.15, -0.1) is 0 Å². The summed E-state index contributed by atoms with van der Waals surface area (Å²) in [5.41, 5.74) is 0. The molecule has 53 nitrogen and oxygen atoms in total. The van der Waals surface area contributed by atoms with Crippen LogP contribution in [-0.4, -0.2) is 538 Å². The van der Waals surface area contributed by atoms with Crippen LogP contribution in [0.25, 0.3) is 0 Å². The van der Waals surface area contributed by atoms with Crippen molar-refractivity contribution >= 4 is 11.8 Å². The van der Waals surface area contributed by atoms with Gasteiger partial charge < -0.3 is 254 Å². The van der Waals surface area contributed by atoms with Crippen LogP contribution in [0.3, 0.4) is 0 Å². The van der Waals surface area contributed by atoms with E-state index in [1.54, 1.807) is 0 Å². The van der Waals surface area contributed by atoms with Gasteiger partial charge in [0.15, 0.2) is 62.9 Å². The Bertz CT molecular complexity index is 3040. The molecule has 0 spiro atoms. The van der Waals surface area contributed by atoms with E-state index in [9.17, 15) is 163 Å². The van der Waals surface area contributed by atoms with E-state index >= 15 is 0 Å². The van der Waals surface area contributed by atoms with E-state index in [-0.39, 0.29) is 0 Å². The summed E-state index contributed by atoms with van der Waals surface area (Å²) in [6.07, 6.45) is -100. The average Bonchev–Trinajstić information content (AvgIpc) is 0.768. The number of rotatable bonds is 30. The zero-order chi connectivity index (χ0) is 85.9. The first kappa shape index (κ1) is 96.2. The van der Waals surface area contributed by atoms with Crippen molar-refractivity contribution in [2.45, 2.75) is 321 Å². The second-order valence-electron chi connectivity index (χ2n) is 29.5. The summed E-state index contributed by atoms with van der Waals surface area (Å²) in [6, 6.07) is -3.58. The number of amides is 2. The zero-order valence-electron chi connectivity index (χ0n) is 61.9. The van der Waals surface area contributed by atoms with E-state index in [2.05, 4.69) is 10.6 Å². The second kappa shape index (κ2) is 41.9. The molecule has 10 fully saturated rings. The third-order valence-electron chi connectivity index (χ3n) is 21.6. The summed E-state index contributed by atoms with van der Waals surface area (Å²) in [5, 5.41) is 334. The minimum absolute atomic E-state index is 0.793. The van der Waals surface area contributed by atoms with Crippen LogP contribution < -0.4 is 10.6 Å². The fourth-order valence-corrected chi connectivity index (χ4v) is 15.1. The van der Waals surface area contributed by atoms with Crippen molar-refractivity contribution in [1.82, 2.24) is 10.6 Å². The molecule has 0 aromatic heterocycles. The van der Waals surface area contributed by atoms with Gasteiger partial charge >= 0.3 is 0 Å². The molecule has 0 radical (unpaired) electrons. The molecule has 680 valence electrons. The highest BCUT2D eigenvalue weighted by molar-refractivity contribution is 5.73. The molecule has 2 amide bonds. The molecule has 10 rings (SSSR count). The maximum Gasteiger partial charge on any atom is 0.217 e. The number of hydrogen-bond acceptors (Lipinski definition) is 51. The lowest BCUT2D eigenvalue weighted by Gasteiger charge is -2.50. The van der Waals surface area contributed by atoms with Gasteiger partial charge in [0.2, 0.25) is 11.8 Å². The second-order valence-corrected chi connectivity index (χ2v) is 29.5. The van der Waals surface area contributed by atoms with Gasteiger partial charge in [-0.3, -0.25) is 9.59 Å². The Morgan fingerprint density at radius 2 is 0.444 bits per heavy atom. The van der Waals surface area contributed by atoms with Gasteiger partial charge in [-0.2, -0.15) is 0 Å². The van der Waals surface area contributed by atoms with Crippen molar-refractivity contribution in [2.24, 2.45) is 0 Å². The molecule has 10 aliphatic rings. The van der Waals surface area contributed by atoms with Crippen LogP contribution in [0.4, 0.5) is 0 Å². The van der Waals surface area contributed by atoms with E-state index in [0.29, 0.717) is 0 Å². The number of carbonyl (C=O) groups excluding carboxylic acids is 2. The Labute approximate surface area is 660 Å². The monoisotopic (exact) mass is 1720 g/mol. The summed E-state index contributed by atoms with van der Waals surface area (Å²) in [6.45, 7) is -8.89. The minimum atomic E-state index is -2.55. The lowest BCUT2D eigenvalue weighted by atomic mass is 9.94. The van der Waals surface area contributed by atoms with Gasteiger partial charge in [-0.25, -0.2) is 0 Å². The lowest BCUT2D eigenvalue weighted by Crippen LogP contribution is -2.70. The number of hydrogen-bond donors (Lipinski definition) is 32. The highest BCUT2D eigenvalue weighted by atomic mass is 16.8. The van der Waals surface area contributed by atoms with Crippen LogP contribution in [-0.2, 0) is 99.6 Å². The van der Waals surface area contributed by atoms with Crippen LogP contribution in [0.15, 0.2) is 0 Å². The van der Waals surface area contributed by atoms with Crippen LogP contribution in [0.2, 0.25) is 0 Å². The standard InChI is InChI=1S/C64H108N2O51/c1-13(75)65-25-32(82)48(18(6-70)101-55(25)98)111-56-26(66-14(2)76)33(83)49(19(7-71)105-56)112-64-47(97)54(117-63-45(95)39(89)52(22(10-74)108-63)115-62-44(94)38(88)51(21(9-73)107-62)114-60-41(91)35(85)28(78)16(4-68)103-60)31(81)24(110-64)12-100-58-46(96)53(116-61-42(92)36(86)29(79)17(5-69)104-61)30(80)23(109-58)11-99-57-43(93)37(87)50(20(8-72)106-57)113-59-40(90)34(84)27(77)15(3-67)102-59/h15-64,67-74,77-98H,3-12H2,1-2H3,(H,65,75)(H,66,76)/t15-,16-,17-,18-,19-,20-,21-,22-,23-,24-,25-,26-,27-,28-,29-,30-,31-,32-,33-,34+,35+,36+,37-,38-,39-,40+,41+,42+,43+,44+,45+,46+,47+,48-,49-,50-,51-,52-,53+,54+,55?,56+,57+,58+,59-,60-,61-,62-,63-,64+/m1/s1. The topological polar surface area (TPSA) is 840 Å². The highest BCUT2D eigenvalue weighted by Crippen LogP contribution is 2.40. The molecule has 1 unspecified atom stereocenters. The molecule has 0 aromatic carbocycles. The van der Waals surface area contributed by atoms with E-state index in [0.717, 1.165) is 13.8 Å². The largest absolute Gasteiger partial charge is 0.394 e. The first-order chi connectivity index (χ1) is 55.4. The molecule has 0 aromatic rings. The maximum atomic E-state index is 13.0. The maximum absolute atomic E-state index is 13.0. The van der Waals surface area contributed by atoms with Crippen molar-refractivity contribution in [3.8, 4) is 0 Å². The van der Waals surface area contributed by atoms with Gasteiger partial charge in [0.25, 0.3) is 0 Å². The third-order valence-corrected chi connectivity index (χ3v) is 21.6. The molecular formula is C64H108N2O51. The number of nitrogens with one attached hydrogen (secondary N) is 2. The first-order valence-electron chi connectivity index (χ1n) is 37.2. The smallest absolute Gasteiger partial charge is 0.217 e. The molecular weight excluding hydrogens is 1610 g/mol. The van der Waals surface area contributed by atoms with E-state index in [1.807, 2.05) is 0 Å². The Morgan fingerprint density at radius 3 is 0.786 bits per heavy atom. The summed E-state index contributed by atoms with van der Waals surface area (Å²) < 4.78 is 109. The number of carbonyl (C=O) groups is 2. The van der Waals surface area contributed by atoms with Gasteiger partial charge in [0.1, 0.15) is 244 Å². The predicted molar refractivity (Wildman–Crippen MR) is 353 cm³/mol. The van der Waals surface area contributed by atoms with E-state index in [4.69, 9.17) is 90.0 Å². The molecule has 32 N–H and O–H groups in total. The molecule has 10 saturated heterocycles. The predicted octanol–water partition coefficient (Wildman–Crippen LogP) is -22.5. The van der Waals surface area contributed by atoms with Crippen LogP contribution >= 0.6 is 0 Å². The Kier molecular flexibility index (Phi) is 34.4. The molecule has 10 aliphatic heterocycles. The van der Waals surface area contributed by atoms with Gasteiger partial charge in [-0.1, -0.05) is 0 Å². The highest BCUT2D eigenvalue weighted by Gasteiger charge is 2.61. The number of aliphatic hydroxyl groups excluding tert-OH is 30. The first-order valence-corrected chi connectivity index (χ1v) is 37.2. The molecule has 0 saturated carbocycles. The van der Waals surface area contributed by atoms with Crippen molar-refractivity contribution in [3.63, 3.8) is 0 Å². The Balaban J connectivity index is 0.921. The Hall–Kier alpha value is -3.02. The third kappa shape index (κ3) is 20.7. The average molecular weight is 1720 g/mol. The van der Waals surface area contributed by atoms with Crippen LogP contribution in [0, 0.1) is 0 Å². The van der Waals surface area contributed by atoms with Crippen molar-refractivity contribution in [1.29, 1.82) is 0 Å². The van der Waals surface area contributed by atoms with Gasteiger partial charge in [-0.05, 0) is 0 Å². The minimum Gasteiger partial charge on any atom is -0.394 e. The van der Waals surface area contributed by atoms with E-state index in [1.165, 1.54) is 0 Å². The van der Waals surface area contributed by atoms with Crippen LogP contribution in [0.1, 0.15) is 13.8 Å². The number of ether oxygens (including phenoxy) is 19. The van der Waals surface area contributed by atoms with Gasteiger partial charge in [0.05, 0.1) is 66.1 Å². The molecule has 0 aliphatic carbocycles. The summed E-state index contributed by atoms with van der Waals surface area (Å²) in [7, 11) is 0. The lowest BCUT2D eigenvalue weighted by molar-refractivity contribution is -0.396. The molecule has 53 heteroatoms.